The average molecular weight is 283 g/mol. The highest BCUT2D eigenvalue weighted by Crippen LogP contribution is 2.24. The number of nitrogens with zero attached hydrogens (tertiary/aromatic N) is 1. The predicted octanol–water partition coefficient (Wildman–Crippen LogP) is 1.49. The van der Waals surface area contributed by atoms with Crippen LogP contribution in [0.4, 0.5) is 0 Å². The molecule has 6 heteroatoms. The van der Waals surface area contributed by atoms with Gasteiger partial charge in [-0.3, -0.25) is 9.78 Å². The van der Waals surface area contributed by atoms with Gasteiger partial charge in [0.15, 0.2) is 15.6 Å². The summed E-state index contributed by atoms with van der Waals surface area (Å²) in [5, 5.41) is 0. The van der Waals surface area contributed by atoms with Crippen LogP contribution in [0.5, 0.6) is 5.75 Å². The molecule has 1 aromatic heterocycles. The molecule has 1 atom stereocenters. The number of ether oxygens (including phenoxy) is 1. The van der Waals surface area contributed by atoms with E-state index in [0.717, 1.165) is 0 Å². The molecule has 1 fully saturated rings. The number of ketones is 1. The Kier molecular flexibility index (Phi) is 4.19. The van der Waals surface area contributed by atoms with Crippen molar-refractivity contribution >= 4 is 15.6 Å². The maximum absolute atomic E-state index is 12.1. The summed E-state index contributed by atoms with van der Waals surface area (Å²) in [6.07, 6.45) is 3.89. The number of Topliss-reactive ketones (excluding diaryl/α,β-unsaturated/α-hetero) is 1. The van der Waals surface area contributed by atoms with Crippen molar-refractivity contribution in [1.29, 1.82) is 0 Å². The Labute approximate surface area is 112 Å². The van der Waals surface area contributed by atoms with Crippen molar-refractivity contribution in [2.75, 3.05) is 18.1 Å². The smallest absolute Gasteiger partial charge is 0.164 e. The molecule has 1 aliphatic heterocycles. The Balaban J connectivity index is 2.02. The van der Waals surface area contributed by atoms with Gasteiger partial charge in [0.1, 0.15) is 5.75 Å². The van der Waals surface area contributed by atoms with E-state index >= 15 is 0 Å². The molecule has 0 aromatic carbocycles. The minimum absolute atomic E-state index is 0.0618. The molecule has 1 aromatic rings. The summed E-state index contributed by atoms with van der Waals surface area (Å²) in [6, 6.07) is 1.66. The number of aromatic nitrogens is 1. The maximum Gasteiger partial charge on any atom is 0.164 e. The minimum Gasteiger partial charge on any atom is -0.492 e. The van der Waals surface area contributed by atoms with E-state index in [1.54, 1.807) is 12.3 Å². The minimum atomic E-state index is -2.93. The second-order valence-electron chi connectivity index (χ2n) is 4.74. The topological polar surface area (TPSA) is 73.3 Å². The van der Waals surface area contributed by atoms with Crippen LogP contribution in [-0.2, 0) is 9.84 Å². The maximum atomic E-state index is 12.1. The molecule has 5 nitrogen and oxygen atoms in total. The van der Waals surface area contributed by atoms with Crippen LogP contribution < -0.4 is 4.74 Å². The summed E-state index contributed by atoms with van der Waals surface area (Å²) < 4.78 is 28.0. The first-order valence-electron chi connectivity index (χ1n) is 6.31. The summed E-state index contributed by atoms with van der Waals surface area (Å²) in [4.78, 5) is 16.0. The van der Waals surface area contributed by atoms with Crippen molar-refractivity contribution in [3.8, 4) is 5.75 Å². The molecule has 1 unspecified atom stereocenters. The molecule has 0 bridgehead atoms. The normalized spacial score (nSPS) is 21.2. The first-order valence-corrected chi connectivity index (χ1v) is 8.14. The molecule has 1 saturated heterocycles. The van der Waals surface area contributed by atoms with E-state index in [0.29, 0.717) is 24.3 Å². The summed E-state index contributed by atoms with van der Waals surface area (Å²) in [7, 11) is -2.93. The fourth-order valence-electron chi connectivity index (χ4n) is 2.23. The van der Waals surface area contributed by atoms with E-state index in [2.05, 4.69) is 4.98 Å². The molecular formula is C13H17NO4S. The van der Waals surface area contributed by atoms with Gasteiger partial charge >= 0.3 is 0 Å². The Morgan fingerprint density at radius 3 is 2.89 bits per heavy atom. The van der Waals surface area contributed by atoms with Gasteiger partial charge in [0.05, 0.1) is 24.3 Å². The predicted molar refractivity (Wildman–Crippen MR) is 71.1 cm³/mol. The van der Waals surface area contributed by atoms with Gasteiger partial charge in [-0.05, 0) is 25.3 Å². The standard InChI is InChI=1S/C13H17NO4S/c1-2-18-12-6-11(7-14-8-12)13(15)5-10-3-4-19(16,17)9-10/h6-8,10H,2-5,9H2,1H3. The van der Waals surface area contributed by atoms with Crippen molar-refractivity contribution in [2.45, 2.75) is 19.8 Å². The summed E-state index contributed by atoms with van der Waals surface area (Å²) >= 11 is 0. The van der Waals surface area contributed by atoms with E-state index in [4.69, 9.17) is 4.74 Å². The molecule has 0 saturated carbocycles. The van der Waals surface area contributed by atoms with Crippen LogP contribution in [0.25, 0.3) is 0 Å². The highest BCUT2D eigenvalue weighted by Gasteiger charge is 2.29. The lowest BCUT2D eigenvalue weighted by atomic mass is 9.99. The molecule has 104 valence electrons. The van der Waals surface area contributed by atoms with Crippen molar-refractivity contribution in [3.05, 3.63) is 24.0 Å². The Morgan fingerprint density at radius 2 is 2.26 bits per heavy atom. The number of sulfone groups is 1. The van der Waals surface area contributed by atoms with Crippen LogP contribution in [0.2, 0.25) is 0 Å². The third-order valence-corrected chi connectivity index (χ3v) is 4.98. The van der Waals surface area contributed by atoms with E-state index in [-0.39, 0.29) is 29.6 Å². The molecule has 2 heterocycles. The first kappa shape index (κ1) is 14.0. The van der Waals surface area contributed by atoms with Gasteiger partial charge in [0.2, 0.25) is 0 Å². The Morgan fingerprint density at radius 1 is 1.47 bits per heavy atom. The zero-order chi connectivity index (χ0) is 13.9. The lowest BCUT2D eigenvalue weighted by Crippen LogP contribution is -2.11. The van der Waals surface area contributed by atoms with E-state index in [1.807, 2.05) is 6.92 Å². The van der Waals surface area contributed by atoms with Crippen LogP contribution in [-0.4, -0.2) is 37.3 Å². The SMILES string of the molecule is CCOc1cncc(C(=O)CC2CCS(=O)(=O)C2)c1. The van der Waals surface area contributed by atoms with Crippen molar-refractivity contribution in [1.82, 2.24) is 4.98 Å². The molecule has 19 heavy (non-hydrogen) atoms. The van der Waals surface area contributed by atoms with Gasteiger partial charge in [-0.15, -0.1) is 0 Å². The van der Waals surface area contributed by atoms with E-state index in [9.17, 15) is 13.2 Å². The fraction of sp³-hybridized carbons (Fsp3) is 0.538. The number of hydrogen-bond donors (Lipinski definition) is 0. The van der Waals surface area contributed by atoms with Gasteiger partial charge in [-0.1, -0.05) is 0 Å². The molecule has 0 N–H and O–H groups in total. The second kappa shape index (κ2) is 5.69. The van der Waals surface area contributed by atoms with Crippen molar-refractivity contribution in [3.63, 3.8) is 0 Å². The Hall–Kier alpha value is -1.43. The quantitative estimate of drug-likeness (QED) is 0.765. The highest BCUT2D eigenvalue weighted by molar-refractivity contribution is 7.91. The lowest BCUT2D eigenvalue weighted by Gasteiger charge is -2.08. The number of carbonyl (C=O) groups excluding carboxylic acids is 1. The van der Waals surface area contributed by atoms with Crippen LogP contribution in [0.3, 0.4) is 0 Å². The molecule has 1 aliphatic rings. The number of rotatable bonds is 5. The monoisotopic (exact) mass is 283 g/mol. The second-order valence-corrected chi connectivity index (χ2v) is 6.97. The summed E-state index contributed by atoms with van der Waals surface area (Å²) in [6.45, 7) is 2.37. The molecule has 0 spiro atoms. The zero-order valence-corrected chi connectivity index (χ0v) is 11.6. The van der Waals surface area contributed by atoms with Crippen LogP contribution in [0.15, 0.2) is 18.5 Å². The van der Waals surface area contributed by atoms with Crippen LogP contribution in [0.1, 0.15) is 30.1 Å². The van der Waals surface area contributed by atoms with E-state index < -0.39 is 9.84 Å². The van der Waals surface area contributed by atoms with E-state index in [1.165, 1.54) is 6.20 Å². The molecule has 0 radical (unpaired) electrons. The number of carbonyl (C=O) groups is 1. The number of pyridine rings is 1. The molecule has 0 amide bonds. The van der Waals surface area contributed by atoms with Crippen molar-refractivity contribution < 1.29 is 17.9 Å². The van der Waals surface area contributed by atoms with Crippen molar-refractivity contribution in [2.24, 2.45) is 5.92 Å². The number of hydrogen-bond acceptors (Lipinski definition) is 5. The average Bonchev–Trinajstić information content (AvgIpc) is 2.69. The lowest BCUT2D eigenvalue weighted by molar-refractivity contribution is 0.0965. The van der Waals surface area contributed by atoms with Crippen LogP contribution in [0, 0.1) is 5.92 Å². The summed E-state index contributed by atoms with van der Waals surface area (Å²) in [5.74, 6) is 0.747. The third-order valence-electron chi connectivity index (χ3n) is 3.15. The fourth-order valence-corrected chi connectivity index (χ4v) is 4.09. The third kappa shape index (κ3) is 3.76. The Bertz CT molecular complexity index is 568. The van der Waals surface area contributed by atoms with Gasteiger partial charge in [0, 0.05) is 18.2 Å². The van der Waals surface area contributed by atoms with Gasteiger partial charge in [0.25, 0.3) is 0 Å². The van der Waals surface area contributed by atoms with Gasteiger partial charge in [-0.2, -0.15) is 0 Å². The summed E-state index contributed by atoms with van der Waals surface area (Å²) in [5.41, 5.74) is 0.482. The first-order chi connectivity index (χ1) is 9.00. The molecule has 2 rings (SSSR count). The largest absolute Gasteiger partial charge is 0.492 e. The molecular weight excluding hydrogens is 266 g/mol. The highest BCUT2D eigenvalue weighted by atomic mass is 32.2. The van der Waals surface area contributed by atoms with Gasteiger partial charge in [-0.25, -0.2) is 8.42 Å². The zero-order valence-electron chi connectivity index (χ0n) is 10.8. The molecule has 0 aliphatic carbocycles. The van der Waals surface area contributed by atoms with Crippen LogP contribution >= 0.6 is 0 Å². The van der Waals surface area contributed by atoms with Gasteiger partial charge < -0.3 is 4.74 Å².